The fourth-order valence-electron chi connectivity index (χ4n) is 6.26. The topological polar surface area (TPSA) is 72.8 Å². The zero-order valence-electron chi connectivity index (χ0n) is 31.1. The van der Waals surface area contributed by atoms with Gasteiger partial charge in [-0.15, -0.1) is 0 Å². The van der Waals surface area contributed by atoms with Crippen LogP contribution in [0.3, 0.4) is 0 Å². The van der Waals surface area contributed by atoms with Crippen LogP contribution in [0.2, 0.25) is 0 Å². The van der Waals surface area contributed by atoms with Crippen LogP contribution < -0.4 is 0 Å². The first-order valence-corrected chi connectivity index (χ1v) is 20.6. The lowest BCUT2D eigenvalue weighted by molar-refractivity contribution is -0.161. The van der Waals surface area contributed by atoms with Gasteiger partial charge in [-0.05, 0) is 12.8 Å². The molecule has 0 saturated heterocycles. The van der Waals surface area contributed by atoms with Crippen molar-refractivity contribution in [2.75, 3.05) is 13.2 Å². The van der Waals surface area contributed by atoms with Gasteiger partial charge in [-0.1, -0.05) is 206 Å². The Morgan fingerprint density at radius 1 is 0.413 bits per heavy atom. The minimum Gasteiger partial charge on any atom is -0.462 e. The van der Waals surface area contributed by atoms with Crippen molar-refractivity contribution < 1.29 is 24.2 Å². The van der Waals surface area contributed by atoms with Gasteiger partial charge in [0.05, 0.1) is 6.61 Å². The fourth-order valence-corrected chi connectivity index (χ4v) is 6.26. The number of unbranched alkanes of at least 4 members (excludes halogenated alkanes) is 30. The Morgan fingerprint density at radius 2 is 0.674 bits per heavy atom. The molecule has 0 spiro atoms. The standard InChI is InChI=1S/C41H80O5/c1-3-5-7-9-11-13-15-17-18-19-20-21-22-23-24-26-28-30-32-34-36-41(44)46-39(37-42)38-45-40(43)35-33-31-29-27-25-16-14-12-10-8-6-4-2/h39,42H,3-38H2,1-2H3. The number of aliphatic hydroxyl groups is 1. The molecule has 0 bridgehead atoms. The third-order valence-corrected chi connectivity index (χ3v) is 9.40. The fraction of sp³-hybridized carbons (Fsp3) is 0.951. The van der Waals surface area contributed by atoms with Crippen molar-refractivity contribution in [3.63, 3.8) is 0 Å². The first kappa shape index (κ1) is 44.9. The highest BCUT2D eigenvalue weighted by atomic mass is 16.6. The van der Waals surface area contributed by atoms with E-state index in [-0.39, 0.29) is 25.2 Å². The molecule has 0 fully saturated rings. The molecule has 0 aromatic carbocycles. The molecule has 0 amide bonds. The molecule has 1 atom stereocenters. The molecule has 0 aromatic rings. The van der Waals surface area contributed by atoms with Crippen LogP contribution in [0.4, 0.5) is 0 Å². The SMILES string of the molecule is CCCCCCCCCCCCCCCCCCCCCCC(=O)OC(CO)COC(=O)CCCCCCCCCCCCCC. The smallest absolute Gasteiger partial charge is 0.306 e. The third kappa shape index (κ3) is 35.7. The number of hydrogen-bond acceptors (Lipinski definition) is 5. The second-order valence-electron chi connectivity index (χ2n) is 14.1. The molecule has 1 N–H and O–H groups in total. The highest BCUT2D eigenvalue weighted by Crippen LogP contribution is 2.16. The zero-order chi connectivity index (χ0) is 33.6. The van der Waals surface area contributed by atoms with Crippen LogP contribution in [0.25, 0.3) is 0 Å². The summed E-state index contributed by atoms with van der Waals surface area (Å²) in [4.78, 5) is 24.2. The molecule has 46 heavy (non-hydrogen) atoms. The average molecular weight is 653 g/mol. The first-order chi connectivity index (χ1) is 22.6. The van der Waals surface area contributed by atoms with Gasteiger partial charge in [-0.2, -0.15) is 0 Å². The molecule has 274 valence electrons. The van der Waals surface area contributed by atoms with E-state index in [1.807, 2.05) is 0 Å². The molecule has 0 aromatic heterocycles. The Bertz CT molecular complexity index is 622. The summed E-state index contributed by atoms with van der Waals surface area (Å²) in [5.74, 6) is -0.575. The Balaban J connectivity index is 3.46. The summed E-state index contributed by atoms with van der Waals surface area (Å²) in [5.41, 5.74) is 0. The van der Waals surface area contributed by atoms with E-state index in [4.69, 9.17) is 9.47 Å². The number of carbonyl (C=O) groups excluding carboxylic acids is 2. The van der Waals surface area contributed by atoms with Gasteiger partial charge < -0.3 is 14.6 Å². The summed E-state index contributed by atoms with van der Waals surface area (Å²) in [6.45, 7) is 4.16. The molecule has 0 rings (SSSR count). The molecule has 5 heteroatoms. The molecule has 0 heterocycles. The van der Waals surface area contributed by atoms with Crippen molar-refractivity contribution >= 4 is 11.9 Å². The van der Waals surface area contributed by atoms with Gasteiger partial charge in [0.25, 0.3) is 0 Å². The van der Waals surface area contributed by atoms with Crippen molar-refractivity contribution in [2.24, 2.45) is 0 Å². The maximum absolute atomic E-state index is 12.2. The number of carbonyl (C=O) groups is 2. The van der Waals surface area contributed by atoms with E-state index >= 15 is 0 Å². The number of ether oxygens (including phenoxy) is 2. The summed E-state index contributed by atoms with van der Waals surface area (Å²) in [6, 6.07) is 0. The van der Waals surface area contributed by atoms with Crippen LogP contribution in [-0.4, -0.2) is 36.4 Å². The predicted molar refractivity (Wildman–Crippen MR) is 196 cm³/mol. The second kappa shape index (κ2) is 38.3. The van der Waals surface area contributed by atoms with Crippen LogP contribution in [0.15, 0.2) is 0 Å². The van der Waals surface area contributed by atoms with Gasteiger partial charge in [0, 0.05) is 12.8 Å². The van der Waals surface area contributed by atoms with Crippen molar-refractivity contribution in [1.82, 2.24) is 0 Å². The monoisotopic (exact) mass is 653 g/mol. The molecular formula is C41H80O5. The molecule has 0 aliphatic rings. The molecule has 5 nitrogen and oxygen atoms in total. The summed E-state index contributed by atoms with van der Waals surface area (Å²) < 4.78 is 10.6. The molecule has 0 saturated carbocycles. The Morgan fingerprint density at radius 3 is 0.957 bits per heavy atom. The number of esters is 2. The minimum absolute atomic E-state index is 0.0570. The largest absolute Gasteiger partial charge is 0.462 e. The van der Waals surface area contributed by atoms with Crippen LogP contribution >= 0.6 is 0 Å². The van der Waals surface area contributed by atoms with E-state index in [2.05, 4.69) is 13.8 Å². The van der Waals surface area contributed by atoms with Crippen molar-refractivity contribution in [2.45, 2.75) is 238 Å². The van der Waals surface area contributed by atoms with Crippen LogP contribution in [-0.2, 0) is 19.1 Å². The van der Waals surface area contributed by atoms with E-state index < -0.39 is 6.10 Å². The Kier molecular flexibility index (Phi) is 37.4. The van der Waals surface area contributed by atoms with Crippen LogP contribution in [0.1, 0.15) is 232 Å². The lowest BCUT2D eigenvalue weighted by Crippen LogP contribution is -2.28. The van der Waals surface area contributed by atoms with Gasteiger partial charge >= 0.3 is 11.9 Å². The molecule has 0 radical (unpaired) electrons. The second-order valence-corrected chi connectivity index (χ2v) is 14.1. The molecular weight excluding hydrogens is 572 g/mol. The minimum atomic E-state index is -0.761. The summed E-state index contributed by atoms with van der Waals surface area (Å²) in [6.07, 6.45) is 41.7. The third-order valence-electron chi connectivity index (χ3n) is 9.40. The summed E-state index contributed by atoms with van der Waals surface area (Å²) in [7, 11) is 0. The number of hydrogen-bond donors (Lipinski definition) is 1. The highest BCUT2D eigenvalue weighted by Gasteiger charge is 2.16. The molecule has 0 aliphatic carbocycles. The highest BCUT2D eigenvalue weighted by molar-refractivity contribution is 5.70. The lowest BCUT2D eigenvalue weighted by atomic mass is 10.0. The van der Waals surface area contributed by atoms with Gasteiger partial charge in [-0.3, -0.25) is 9.59 Å². The molecule has 1 unspecified atom stereocenters. The Hall–Kier alpha value is -1.10. The van der Waals surface area contributed by atoms with E-state index in [9.17, 15) is 14.7 Å². The maximum Gasteiger partial charge on any atom is 0.306 e. The van der Waals surface area contributed by atoms with Crippen LogP contribution in [0.5, 0.6) is 0 Å². The maximum atomic E-state index is 12.2. The van der Waals surface area contributed by atoms with E-state index in [1.165, 1.54) is 173 Å². The normalized spacial score (nSPS) is 12.0. The molecule has 0 aliphatic heterocycles. The van der Waals surface area contributed by atoms with Gasteiger partial charge in [0.2, 0.25) is 0 Å². The summed E-state index contributed by atoms with van der Waals surface area (Å²) in [5, 5.41) is 9.55. The van der Waals surface area contributed by atoms with Crippen molar-refractivity contribution in [1.29, 1.82) is 0 Å². The van der Waals surface area contributed by atoms with E-state index in [0.717, 1.165) is 32.1 Å². The van der Waals surface area contributed by atoms with Crippen LogP contribution in [0, 0.1) is 0 Å². The number of aliphatic hydroxyl groups excluding tert-OH is 1. The van der Waals surface area contributed by atoms with Crippen molar-refractivity contribution in [3.05, 3.63) is 0 Å². The zero-order valence-corrected chi connectivity index (χ0v) is 31.1. The van der Waals surface area contributed by atoms with E-state index in [0.29, 0.717) is 12.8 Å². The Labute approximate surface area is 287 Å². The first-order valence-electron chi connectivity index (χ1n) is 20.6. The van der Waals surface area contributed by atoms with Gasteiger partial charge in [0.1, 0.15) is 6.61 Å². The van der Waals surface area contributed by atoms with Gasteiger partial charge in [0.15, 0.2) is 6.10 Å². The lowest BCUT2D eigenvalue weighted by Gasteiger charge is -2.15. The summed E-state index contributed by atoms with van der Waals surface area (Å²) >= 11 is 0. The van der Waals surface area contributed by atoms with E-state index in [1.54, 1.807) is 0 Å². The predicted octanol–water partition coefficient (Wildman–Crippen LogP) is 12.7. The van der Waals surface area contributed by atoms with Crippen molar-refractivity contribution in [3.8, 4) is 0 Å². The van der Waals surface area contributed by atoms with Gasteiger partial charge in [-0.25, -0.2) is 0 Å². The quantitative estimate of drug-likeness (QED) is 0.0531. The average Bonchev–Trinajstić information content (AvgIpc) is 3.06. The number of rotatable bonds is 38.